The third kappa shape index (κ3) is 5.40. The summed E-state index contributed by atoms with van der Waals surface area (Å²) in [4.78, 5) is 11.2. The van der Waals surface area contributed by atoms with E-state index in [1.165, 1.54) is 51.4 Å². The van der Waals surface area contributed by atoms with Gasteiger partial charge in [0.05, 0.1) is 0 Å². The van der Waals surface area contributed by atoms with Crippen molar-refractivity contribution in [3.8, 4) is 0 Å². The van der Waals surface area contributed by atoms with Crippen LogP contribution in [-0.2, 0) is 9.47 Å². The fourth-order valence-corrected chi connectivity index (χ4v) is 2.73. The van der Waals surface area contributed by atoms with Gasteiger partial charge in [-0.15, -0.1) is 0 Å². The minimum absolute atomic E-state index is 0.244. The summed E-state index contributed by atoms with van der Waals surface area (Å²) in [6, 6.07) is 0. The average molecular weight is 278 g/mol. The molecule has 0 saturated carbocycles. The molecule has 1 aliphatic heterocycles. The monoisotopic (exact) mass is 278 g/mol. The van der Waals surface area contributed by atoms with E-state index < -0.39 is 6.16 Å². The van der Waals surface area contributed by atoms with Crippen LogP contribution in [0.2, 0.25) is 0 Å². The summed E-state index contributed by atoms with van der Waals surface area (Å²) in [7, 11) is 0. The van der Waals surface area contributed by atoms with E-state index >= 15 is 0 Å². The largest absolute Gasteiger partial charge is 0.509 e. The third-order valence-electron chi connectivity index (χ3n) is 3.93. The highest BCUT2D eigenvalue weighted by molar-refractivity contribution is 5.63. The number of fused-ring (bicyclic) bond motifs is 1. The molecule has 1 saturated heterocycles. The van der Waals surface area contributed by atoms with E-state index in [0.717, 1.165) is 12.8 Å². The van der Waals surface area contributed by atoms with Crippen LogP contribution in [0.15, 0.2) is 24.3 Å². The first-order valence-corrected chi connectivity index (χ1v) is 8.07. The lowest BCUT2D eigenvalue weighted by Gasteiger charge is -2.07. The second-order valence-corrected chi connectivity index (χ2v) is 5.68. The zero-order valence-corrected chi connectivity index (χ0v) is 12.3. The van der Waals surface area contributed by atoms with Gasteiger partial charge in [-0.25, -0.2) is 4.79 Å². The third-order valence-corrected chi connectivity index (χ3v) is 3.93. The zero-order chi connectivity index (χ0) is 14.0. The number of hydrogen-bond acceptors (Lipinski definition) is 3. The second-order valence-electron chi connectivity index (χ2n) is 5.68. The molecule has 0 aromatic carbocycles. The molecule has 0 spiro atoms. The molecule has 0 bridgehead atoms. The fourth-order valence-electron chi connectivity index (χ4n) is 2.73. The molecule has 0 amide bonds. The molecule has 1 fully saturated rings. The molecule has 2 aliphatic rings. The van der Waals surface area contributed by atoms with Crippen molar-refractivity contribution in [1.82, 2.24) is 0 Å². The van der Waals surface area contributed by atoms with Crippen molar-refractivity contribution in [2.75, 3.05) is 0 Å². The molecule has 0 aromatic heterocycles. The van der Waals surface area contributed by atoms with E-state index in [2.05, 4.69) is 12.2 Å². The van der Waals surface area contributed by atoms with Crippen LogP contribution in [-0.4, -0.2) is 18.4 Å². The summed E-state index contributed by atoms with van der Waals surface area (Å²) < 4.78 is 10.3. The van der Waals surface area contributed by atoms with Crippen LogP contribution in [0.4, 0.5) is 4.79 Å². The van der Waals surface area contributed by atoms with Crippen LogP contribution in [0, 0.1) is 0 Å². The maximum atomic E-state index is 11.2. The molecule has 1 heterocycles. The van der Waals surface area contributed by atoms with Gasteiger partial charge in [0.25, 0.3) is 0 Å². The molecule has 0 N–H and O–H groups in total. The van der Waals surface area contributed by atoms with Gasteiger partial charge in [0.1, 0.15) is 0 Å². The predicted octanol–water partition coefficient (Wildman–Crippen LogP) is 4.92. The zero-order valence-electron chi connectivity index (χ0n) is 12.3. The molecule has 3 nitrogen and oxygen atoms in total. The first-order valence-electron chi connectivity index (χ1n) is 8.07. The summed E-state index contributed by atoms with van der Waals surface area (Å²) in [5.74, 6) is 0. The Morgan fingerprint density at radius 3 is 1.55 bits per heavy atom. The van der Waals surface area contributed by atoms with Crippen LogP contribution in [0.3, 0.4) is 0 Å². The first kappa shape index (κ1) is 15.1. The van der Waals surface area contributed by atoms with Gasteiger partial charge in [-0.05, 0) is 37.8 Å². The SMILES string of the molecule is O=C1O[C@@H]2C=CCCCCCCCCCCC=C[C@H]2O1. The van der Waals surface area contributed by atoms with Crippen LogP contribution in [0.5, 0.6) is 0 Å². The van der Waals surface area contributed by atoms with E-state index in [4.69, 9.17) is 9.47 Å². The van der Waals surface area contributed by atoms with Gasteiger partial charge >= 0.3 is 6.16 Å². The quantitative estimate of drug-likeness (QED) is 0.466. The van der Waals surface area contributed by atoms with Gasteiger partial charge in [-0.2, -0.15) is 0 Å². The summed E-state index contributed by atoms with van der Waals surface area (Å²) in [6.07, 6.45) is 19.8. The molecule has 0 unspecified atom stereocenters. The van der Waals surface area contributed by atoms with Crippen molar-refractivity contribution < 1.29 is 14.3 Å². The lowest BCUT2D eigenvalue weighted by molar-refractivity contribution is 0.122. The molecule has 0 radical (unpaired) electrons. The minimum Gasteiger partial charge on any atom is -0.422 e. The Hall–Kier alpha value is -1.25. The molecule has 0 aromatic rings. The van der Waals surface area contributed by atoms with Gasteiger partial charge in [-0.1, -0.05) is 50.7 Å². The number of carbonyl (C=O) groups is 1. The lowest BCUT2D eigenvalue weighted by atomic mass is 10.0. The van der Waals surface area contributed by atoms with Gasteiger partial charge < -0.3 is 9.47 Å². The molecule has 20 heavy (non-hydrogen) atoms. The summed E-state index contributed by atoms with van der Waals surface area (Å²) in [5, 5.41) is 0. The van der Waals surface area contributed by atoms with E-state index in [1.807, 2.05) is 12.2 Å². The lowest BCUT2D eigenvalue weighted by Crippen LogP contribution is -2.17. The maximum Gasteiger partial charge on any atom is 0.509 e. The molecular formula is C17H26O3. The molecule has 1 aliphatic carbocycles. The Balaban J connectivity index is 1.87. The number of hydrogen-bond donors (Lipinski definition) is 0. The number of carbonyl (C=O) groups excluding carboxylic acids is 1. The topological polar surface area (TPSA) is 35.5 Å². The van der Waals surface area contributed by atoms with Crippen molar-refractivity contribution in [1.29, 1.82) is 0 Å². The molecular weight excluding hydrogens is 252 g/mol. The minimum atomic E-state index is -0.549. The molecule has 112 valence electrons. The van der Waals surface area contributed by atoms with E-state index in [9.17, 15) is 4.79 Å². The van der Waals surface area contributed by atoms with E-state index in [1.54, 1.807) is 0 Å². The molecule has 3 heteroatoms. The summed E-state index contributed by atoms with van der Waals surface area (Å²) >= 11 is 0. The normalized spacial score (nSPS) is 29.5. The first-order chi connectivity index (χ1) is 9.86. The van der Waals surface area contributed by atoms with Gasteiger partial charge in [-0.3, -0.25) is 0 Å². The highest BCUT2D eigenvalue weighted by atomic mass is 16.8. The smallest absolute Gasteiger partial charge is 0.422 e. The van der Waals surface area contributed by atoms with Crippen LogP contribution in [0.1, 0.15) is 64.2 Å². The van der Waals surface area contributed by atoms with Crippen LogP contribution < -0.4 is 0 Å². The highest BCUT2D eigenvalue weighted by Crippen LogP contribution is 2.19. The summed E-state index contributed by atoms with van der Waals surface area (Å²) in [5.41, 5.74) is 0. The van der Waals surface area contributed by atoms with Crippen molar-refractivity contribution in [3.63, 3.8) is 0 Å². The molecule has 2 rings (SSSR count). The second kappa shape index (κ2) is 8.83. The van der Waals surface area contributed by atoms with Crippen molar-refractivity contribution >= 4 is 6.16 Å². The van der Waals surface area contributed by atoms with E-state index in [0.29, 0.717) is 0 Å². The highest BCUT2D eigenvalue weighted by Gasteiger charge is 2.32. The van der Waals surface area contributed by atoms with E-state index in [-0.39, 0.29) is 12.2 Å². The van der Waals surface area contributed by atoms with Crippen molar-refractivity contribution in [2.45, 2.75) is 76.4 Å². The van der Waals surface area contributed by atoms with Gasteiger partial charge in [0, 0.05) is 0 Å². The maximum absolute atomic E-state index is 11.2. The van der Waals surface area contributed by atoms with Gasteiger partial charge in [0.2, 0.25) is 0 Å². The van der Waals surface area contributed by atoms with Crippen LogP contribution in [0.25, 0.3) is 0 Å². The Labute approximate surface area is 122 Å². The number of allylic oxidation sites excluding steroid dienone is 2. The summed E-state index contributed by atoms with van der Waals surface area (Å²) in [6.45, 7) is 0. The average Bonchev–Trinajstić information content (AvgIpc) is 2.78. The Morgan fingerprint density at radius 1 is 0.700 bits per heavy atom. The Morgan fingerprint density at radius 2 is 1.10 bits per heavy atom. The molecule has 2 atom stereocenters. The van der Waals surface area contributed by atoms with Gasteiger partial charge in [0.15, 0.2) is 12.2 Å². The van der Waals surface area contributed by atoms with Crippen molar-refractivity contribution in [2.24, 2.45) is 0 Å². The number of rotatable bonds is 0. The Bertz CT molecular complexity index is 314. The standard InChI is InChI=1S/C17H26O3/c18-17-19-15-13-11-9-7-5-3-1-2-4-6-8-10-12-14-16(15)20-17/h11-16H,1-10H2/t15-,16-/m1/s1. The number of ether oxygens (including phenoxy) is 2. The predicted molar refractivity (Wildman–Crippen MR) is 79.6 cm³/mol. The van der Waals surface area contributed by atoms with Crippen LogP contribution >= 0.6 is 0 Å². The van der Waals surface area contributed by atoms with Crippen molar-refractivity contribution in [3.05, 3.63) is 24.3 Å². The Kier molecular flexibility index (Phi) is 6.69. The fraction of sp³-hybridized carbons (Fsp3) is 0.706.